The van der Waals surface area contributed by atoms with Crippen molar-refractivity contribution in [3.63, 3.8) is 0 Å². The van der Waals surface area contributed by atoms with Gasteiger partial charge in [-0.1, -0.05) is 29.5 Å². The lowest BCUT2D eigenvalue weighted by molar-refractivity contribution is 0.143. The van der Waals surface area contributed by atoms with E-state index in [0.717, 1.165) is 11.3 Å². The van der Waals surface area contributed by atoms with Gasteiger partial charge in [0.15, 0.2) is 0 Å². The van der Waals surface area contributed by atoms with Crippen LogP contribution in [0.4, 0.5) is 15.9 Å². The Bertz CT molecular complexity index is 1300. The quantitative estimate of drug-likeness (QED) is 0.507. The fourth-order valence-electron chi connectivity index (χ4n) is 2.94. The third-order valence-corrected chi connectivity index (χ3v) is 4.63. The van der Waals surface area contributed by atoms with Crippen molar-refractivity contribution < 1.29 is 9.50 Å². The predicted octanol–water partition coefficient (Wildman–Crippen LogP) is 3.96. The van der Waals surface area contributed by atoms with Crippen molar-refractivity contribution in [1.82, 2.24) is 19.6 Å². The summed E-state index contributed by atoms with van der Waals surface area (Å²) in [5, 5.41) is 18.3. The maximum absolute atomic E-state index is 14.2. The molecule has 29 heavy (non-hydrogen) atoms. The second kappa shape index (κ2) is 6.99. The zero-order valence-corrected chi connectivity index (χ0v) is 16.7. The molecule has 8 heteroatoms. The van der Waals surface area contributed by atoms with Gasteiger partial charge >= 0.3 is 0 Å². The molecule has 0 saturated carbocycles. The van der Waals surface area contributed by atoms with Crippen molar-refractivity contribution >= 4 is 39.8 Å². The molecular weight excluding hydrogens is 393 g/mol. The maximum Gasteiger partial charge on any atom is 0.257 e. The Balaban J connectivity index is 1.88. The number of aliphatic hydroxyl groups is 1. The highest BCUT2D eigenvalue weighted by Crippen LogP contribution is 2.33. The van der Waals surface area contributed by atoms with E-state index in [1.165, 1.54) is 18.5 Å². The number of hydrogen-bond donors (Lipinski definition) is 1. The van der Waals surface area contributed by atoms with Crippen LogP contribution in [0.5, 0.6) is 0 Å². The third-order valence-electron chi connectivity index (χ3n) is 4.34. The number of fused-ring (bicyclic) bond motifs is 3. The number of aromatic nitrogens is 4. The number of nitrogens with zero attached hydrogens (tertiary/aromatic N) is 5. The molecule has 4 aromatic rings. The number of halogens is 2. The molecule has 2 aromatic heterocycles. The summed E-state index contributed by atoms with van der Waals surface area (Å²) in [6, 6.07) is 10.4. The summed E-state index contributed by atoms with van der Waals surface area (Å²) in [4.78, 5) is 6.37. The van der Waals surface area contributed by atoms with E-state index >= 15 is 0 Å². The Kier molecular flexibility index (Phi) is 4.61. The Morgan fingerprint density at radius 3 is 2.79 bits per heavy atom. The predicted molar refractivity (Wildman–Crippen MR) is 111 cm³/mol. The molecule has 2 heterocycles. The molecule has 0 saturated heterocycles. The molecule has 4 rings (SSSR count). The van der Waals surface area contributed by atoms with Crippen molar-refractivity contribution in [3.05, 3.63) is 59.1 Å². The van der Waals surface area contributed by atoms with Crippen LogP contribution in [-0.2, 0) is 0 Å². The van der Waals surface area contributed by atoms with Crippen LogP contribution >= 0.6 is 11.6 Å². The van der Waals surface area contributed by atoms with Crippen LogP contribution in [0.15, 0.2) is 42.7 Å². The first-order valence-corrected chi connectivity index (χ1v) is 9.18. The molecule has 0 bridgehead atoms. The van der Waals surface area contributed by atoms with Crippen LogP contribution < -0.4 is 4.90 Å². The highest BCUT2D eigenvalue weighted by Gasteiger charge is 2.17. The van der Waals surface area contributed by atoms with E-state index in [1.807, 2.05) is 36.2 Å². The van der Waals surface area contributed by atoms with Gasteiger partial charge in [-0.25, -0.2) is 4.39 Å². The molecule has 0 radical (unpaired) electrons. The Labute approximate surface area is 171 Å². The smallest absolute Gasteiger partial charge is 0.257 e. The molecule has 0 atom stereocenters. The standard InChI is InChI=1S/C21H17ClFN5O/c1-21(2,29)8-7-13-5-4-6-14(9-13)27(3)19-15-10-17(23)16(22)11-18(15)28-12-24-26-20(28)25-19/h4-6,9-12,29H,1-3H3. The van der Waals surface area contributed by atoms with E-state index in [9.17, 15) is 9.50 Å². The zero-order chi connectivity index (χ0) is 20.8. The largest absolute Gasteiger partial charge is 0.378 e. The summed E-state index contributed by atoms with van der Waals surface area (Å²) in [6.45, 7) is 3.25. The van der Waals surface area contributed by atoms with Crippen LogP contribution in [0.1, 0.15) is 19.4 Å². The van der Waals surface area contributed by atoms with E-state index < -0.39 is 11.4 Å². The van der Waals surface area contributed by atoms with Gasteiger partial charge in [0.25, 0.3) is 5.78 Å². The van der Waals surface area contributed by atoms with Crippen molar-refractivity contribution in [2.75, 3.05) is 11.9 Å². The lowest BCUT2D eigenvalue weighted by atomic mass is 10.1. The molecule has 6 nitrogen and oxygen atoms in total. The minimum Gasteiger partial charge on any atom is -0.378 e. The summed E-state index contributed by atoms with van der Waals surface area (Å²) in [7, 11) is 1.82. The lowest BCUT2D eigenvalue weighted by Crippen LogP contribution is -2.14. The van der Waals surface area contributed by atoms with Gasteiger partial charge in [-0.3, -0.25) is 4.40 Å². The van der Waals surface area contributed by atoms with Crippen LogP contribution in [0, 0.1) is 17.7 Å². The summed E-state index contributed by atoms with van der Waals surface area (Å²) < 4.78 is 15.9. The number of benzene rings is 2. The molecule has 1 N–H and O–H groups in total. The maximum atomic E-state index is 14.2. The first-order chi connectivity index (χ1) is 13.7. The van der Waals surface area contributed by atoms with Crippen LogP contribution in [0.3, 0.4) is 0 Å². The SMILES string of the molecule is CN(c1cccc(C#CC(C)(C)O)c1)c1nc2nncn2c2cc(Cl)c(F)cc12. The highest BCUT2D eigenvalue weighted by atomic mass is 35.5. The number of rotatable bonds is 2. The van der Waals surface area contributed by atoms with Gasteiger partial charge in [0.05, 0.1) is 10.5 Å². The molecule has 0 fully saturated rings. The topological polar surface area (TPSA) is 66.5 Å². The third kappa shape index (κ3) is 3.73. The van der Waals surface area contributed by atoms with Gasteiger partial charge in [-0.2, -0.15) is 4.98 Å². The van der Waals surface area contributed by atoms with Gasteiger partial charge in [0.2, 0.25) is 0 Å². The van der Waals surface area contributed by atoms with E-state index in [2.05, 4.69) is 27.0 Å². The molecule has 0 amide bonds. The van der Waals surface area contributed by atoms with E-state index in [4.69, 9.17) is 11.6 Å². The average molecular weight is 410 g/mol. The normalized spacial score (nSPS) is 11.5. The van der Waals surface area contributed by atoms with Crippen LogP contribution in [0.2, 0.25) is 5.02 Å². The van der Waals surface area contributed by atoms with Crippen LogP contribution in [-0.4, -0.2) is 37.3 Å². The summed E-state index contributed by atoms with van der Waals surface area (Å²) in [6.07, 6.45) is 1.51. The fraction of sp³-hybridized carbons (Fsp3) is 0.190. The van der Waals surface area contributed by atoms with Gasteiger partial charge < -0.3 is 10.0 Å². The second-order valence-electron chi connectivity index (χ2n) is 7.14. The second-order valence-corrected chi connectivity index (χ2v) is 7.55. The fourth-order valence-corrected chi connectivity index (χ4v) is 3.10. The van der Waals surface area contributed by atoms with E-state index in [0.29, 0.717) is 22.5 Å². The van der Waals surface area contributed by atoms with Gasteiger partial charge in [0, 0.05) is 23.7 Å². The van der Waals surface area contributed by atoms with Gasteiger partial charge in [-0.15, -0.1) is 10.2 Å². The molecule has 0 aliphatic carbocycles. The monoisotopic (exact) mass is 409 g/mol. The minimum absolute atomic E-state index is 0.0104. The molecule has 2 aromatic carbocycles. The molecular formula is C21H17ClFN5O. The number of anilines is 2. The molecule has 0 aliphatic rings. The van der Waals surface area contributed by atoms with Crippen molar-refractivity contribution in [2.24, 2.45) is 0 Å². The number of hydrogen-bond acceptors (Lipinski definition) is 5. The van der Waals surface area contributed by atoms with Gasteiger partial charge in [-0.05, 0) is 44.2 Å². The first kappa shape index (κ1) is 19.1. The summed E-state index contributed by atoms with van der Waals surface area (Å²) >= 11 is 6.00. The van der Waals surface area contributed by atoms with E-state index in [1.54, 1.807) is 18.2 Å². The Hall–Kier alpha value is -3.21. The Morgan fingerprint density at radius 2 is 2.03 bits per heavy atom. The summed E-state index contributed by atoms with van der Waals surface area (Å²) in [5.74, 6) is 6.10. The Morgan fingerprint density at radius 1 is 1.24 bits per heavy atom. The van der Waals surface area contributed by atoms with E-state index in [-0.39, 0.29) is 5.02 Å². The summed E-state index contributed by atoms with van der Waals surface area (Å²) in [5.41, 5.74) is 1.08. The highest BCUT2D eigenvalue weighted by molar-refractivity contribution is 6.31. The molecule has 0 spiro atoms. The zero-order valence-electron chi connectivity index (χ0n) is 16.0. The lowest BCUT2D eigenvalue weighted by Gasteiger charge is -2.21. The average Bonchev–Trinajstić information content (AvgIpc) is 3.15. The molecule has 0 unspecified atom stereocenters. The van der Waals surface area contributed by atoms with Crippen molar-refractivity contribution in [1.29, 1.82) is 0 Å². The van der Waals surface area contributed by atoms with Crippen molar-refractivity contribution in [3.8, 4) is 11.8 Å². The molecule has 146 valence electrons. The van der Waals surface area contributed by atoms with Crippen LogP contribution in [0.25, 0.3) is 16.7 Å². The molecule has 0 aliphatic heterocycles. The minimum atomic E-state index is -1.09. The van der Waals surface area contributed by atoms with Crippen molar-refractivity contribution in [2.45, 2.75) is 19.4 Å². The first-order valence-electron chi connectivity index (χ1n) is 8.81. The van der Waals surface area contributed by atoms with Gasteiger partial charge in [0.1, 0.15) is 23.6 Å².